The van der Waals surface area contributed by atoms with Crippen molar-refractivity contribution in [2.75, 3.05) is 27.2 Å². The van der Waals surface area contributed by atoms with Crippen molar-refractivity contribution in [1.82, 2.24) is 19.8 Å². The summed E-state index contributed by atoms with van der Waals surface area (Å²) in [4.78, 5) is 32.3. The fourth-order valence-electron chi connectivity index (χ4n) is 2.06. The van der Waals surface area contributed by atoms with E-state index in [0.717, 1.165) is 23.9 Å². The standard InChI is InChI=1S/C14H12F6N4O4/c1-23(11(25)7-9(13(15,16)17)27-5-21-7)3-4-24(2)12(26)8-10(14(18,19)20)28-6-22-8/h5-6H,3-4H2,1-2H3. The SMILES string of the molecule is CN(CCN(C)C(=O)c1ncoc1C(F)(F)F)C(=O)c1ncoc1C(F)(F)F. The molecule has 0 N–H and O–H groups in total. The topological polar surface area (TPSA) is 92.7 Å². The van der Waals surface area contributed by atoms with Gasteiger partial charge in [0.2, 0.25) is 11.5 Å². The predicted molar refractivity (Wildman–Crippen MR) is 76.9 cm³/mol. The number of aromatic nitrogens is 2. The number of hydrogen-bond acceptors (Lipinski definition) is 6. The molecule has 0 aliphatic rings. The van der Waals surface area contributed by atoms with E-state index in [1.54, 1.807) is 0 Å². The Morgan fingerprint density at radius 1 is 0.821 bits per heavy atom. The monoisotopic (exact) mass is 414 g/mol. The van der Waals surface area contributed by atoms with Crippen LogP contribution in [0.2, 0.25) is 0 Å². The highest BCUT2D eigenvalue weighted by Gasteiger charge is 2.42. The normalized spacial score (nSPS) is 12.1. The van der Waals surface area contributed by atoms with Crippen LogP contribution in [0.5, 0.6) is 0 Å². The number of amides is 2. The summed E-state index contributed by atoms with van der Waals surface area (Å²) in [5, 5.41) is 0. The second kappa shape index (κ2) is 7.52. The highest BCUT2D eigenvalue weighted by Crippen LogP contribution is 2.33. The largest absolute Gasteiger partial charge is 0.452 e. The van der Waals surface area contributed by atoms with Crippen LogP contribution in [0.25, 0.3) is 0 Å². The third-order valence-corrected chi connectivity index (χ3v) is 3.52. The van der Waals surface area contributed by atoms with Crippen molar-refractivity contribution in [2.24, 2.45) is 0 Å². The molecule has 28 heavy (non-hydrogen) atoms. The van der Waals surface area contributed by atoms with Crippen LogP contribution in [0.3, 0.4) is 0 Å². The summed E-state index contributed by atoms with van der Waals surface area (Å²) in [6.07, 6.45) is -8.95. The molecular weight excluding hydrogens is 402 g/mol. The average Bonchev–Trinajstić information content (AvgIpc) is 3.25. The molecule has 0 bridgehead atoms. The Labute approximate surface area is 152 Å². The zero-order chi connectivity index (χ0) is 21.3. The molecular formula is C14H12F6N4O4. The van der Waals surface area contributed by atoms with E-state index < -0.39 is 47.1 Å². The fourth-order valence-corrected chi connectivity index (χ4v) is 2.06. The quantitative estimate of drug-likeness (QED) is 0.699. The lowest BCUT2D eigenvalue weighted by Crippen LogP contribution is -2.38. The maximum absolute atomic E-state index is 12.8. The number of carbonyl (C=O) groups excluding carboxylic acids is 2. The first kappa shape index (κ1) is 21.2. The molecule has 0 saturated heterocycles. The van der Waals surface area contributed by atoms with E-state index in [-0.39, 0.29) is 13.1 Å². The molecule has 2 aromatic heterocycles. The number of nitrogens with zero attached hydrogens (tertiary/aromatic N) is 4. The van der Waals surface area contributed by atoms with Crippen LogP contribution in [0.15, 0.2) is 21.6 Å². The van der Waals surface area contributed by atoms with Gasteiger partial charge in [-0.05, 0) is 0 Å². The van der Waals surface area contributed by atoms with Crippen LogP contribution < -0.4 is 0 Å². The van der Waals surface area contributed by atoms with E-state index in [1.165, 1.54) is 0 Å². The molecule has 0 aromatic carbocycles. The van der Waals surface area contributed by atoms with Gasteiger partial charge in [-0.1, -0.05) is 0 Å². The lowest BCUT2D eigenvalue weighted by molar-refractivity contribution is -0.154. The van der Waals surface area contributed by atoms with E-state index in [2.05, 4.69) is 18.8 Å². The summed E-state index contributed by atoms with van der Waals surface area (Å²) in [6, 6.07) is 0. The van der Waals surface area contributed by atoms with Crippen LogP contribution in [-0.4, -0.2) is 58.8 Å². The molecule has 154 valence electrons. The molecule has 0 saturated carbocycles. The minimum absolute atomic E-state index is 0.301. The summed E-state index contributed by atoms with van der Waals surface area (Å²) in [6.45, 7) is -0.602. The minimum atomic E-state index is -4.93. The van der Waals surface area contributed by atoms with E-state index in [4.69, 9.17) is 0 Å². The smallest absolute Gasteiger partial charge is 0.438 e. The Morgan fingerprint density at radius 2 is 1.14 bits per heavy atom. The van der Waals surface area contributed by atoms with Gasteiger partial charge in [0.1, 0.15) is 0 Å². The van der Waals surface area contributed by atoms with Gasteiger partial charge in [-0.2, -0.15) is 26.3 Å². The molecule has 0 atom stereocenters. The molecule has 0 fully saturated rings. The van der Waals surface area contributed by atoms with Crippen LogP contribution in [0, 0.1) is 0 Å². The summed E-state index contributed by atoms with van der Waals surface area (Å²) >= 11 is 0. The average molecular weight is 414 g/mol. The molecule has 0 spiro atoms. The Kier molecular flexibility index (Phi) is 5.70. The molecule has 0 unspecified atom stereocenters. The predicted octanol–water partition coefficient (Wildman–Crippen LogP) is 2.54. The minimum Gasteiger partial charge on any atom is -0.438 e. The van der Waals surface area contributed by atoms with Crippen molar-refractivity contribution in [2.45, 2.75) is 12.4 Å². The Morgan fingerprint density at radius 3 is 1.43 bits per heavy atom. The number of oxazole rings is 2. The number of likely N-dealkylation sites (N-methyl/N-ethyl adjacent to an activating group) is 2. The molecule has 0 radical (unpaired) electrons. The van der Waals surface area contributed by atoms with Gasteiger partial charge in [0.05, 0.1) is 0 Å². The number of carbonyl (C=O) groups is 2. The van der Waals surface area contributed by atoms with Gasteiger partial charge in [0.15, 0.2) is 24.2 Å². The van der Waals surface area contributed by atoms with E-state index >= 15 is 0 Å². The van der Waals surface area contributed by atoms with Crippen molar-refractivity contribution in [3.63, 3.8) is 0 Å². The highest BCUT2D eigenvalue weighted by atomic mass is 19.4. The maximum Gasteiger partial charge on any atom is 0.452 e. The van der Waals surface area contributed by atoms with Crippen LogP contribution in [0.4, 0.5) is 26.3 Å². The van der Waals surface area contributed by atoms with Crippen molar-refractivity contribution < 1.29 is 44.8 Å². The van der Waals surface area contributed by atoms with E-state index in [9.17, 15) is 35.9 Å². The van der Waals surface area contributed by atoms with Crippen LogP contribution >= 0.6 is 0 Å². The van der Waals surface area contributed by atoms with Gasteiger partial charge in [-0.25, -0.2) is 9.97 Å². The van der Waals surface area contributed by atoms with Crippen molar-refractivity contribution >= 4 is 11.8 Å². The summed E-state index contributed by atoms with van der Waals surface area (Å²) < 4.78 is 84.9. The molecule has 2 heterocycles. The highest BCUT2D eigenvalue weighted by molar-refractivity contribution is 5.94. The van der Waals surface area contributed by atoms with Crippen molar-refractivity contribution in [3.8, 4) is 0 Å². The maximum atomic E-state index is 12.8. The molecule has 2 rings (SSSR count). The third-order valence-electron chi connectivity index (χ3n) is 3.52. The first-order valence-corrected chi connectivity index (χ1v) is 7.36. The van der Waals surface area contributed by atoms with Gasteiger partial charge in [0, 0.05) is 27.2 Å². The summed E-state index contributed by atoms with van der Waals surface area (Å²) in [5.41, 5.74) is -1.94. The lowest BCUT2D eigenvalue weighted by Gasteiger charge is -2.22. The summed E-state index contributed by atoms with van der Waals surface area (Å²) in [7, 11) is 2.26. The number of hydrogen-bond donors (Lipinski definition) is 0. The fraction of sp³-hybridized carbons (Fsp3) is 0.429. The molecule has 2 aromatic rings. The van der Waals surface area contributed by atoms with Crippen molar-refractivity contribution in [1.29, 1.82) is 0 Å². The first-order chi connectivity index (χ1) is 12.8. The first-order valence-electron chi connectivity index (χ1n) is 7.36. The molecule has 2 amide bonds. The Hall–Kier alpha value is -3.06. The second-order valence-electron chi connectivity index (χ2n) is 5.51. The lowest BCUT2D eigenvalue weighted by atomic mass is 10.2. The zero-order valence-electron chi connectivity index (χ0n) is 14.3. The number of rotatable bonds is 5. The van der Waals surface area contributed by atoms with Gasteiger partial charge in [-0.15, -0.1) is 0 Å². The van der Waals surface area contributed by atoms with Crippen LogP contribution in [0.1, 0.15) is 32.5 Å². The molecule has 0 aliphatic carbocycles. The second-order valence-corrected chi connectivity index (χ2v) is 5.51. The van der Waals surface area contributed by atoms with Gasteiger partial charge >= 0.3 is 12.4 Å². The van der Waals surface area contributed by atoms with Gasteiger partial charge in [0.25, 0.3) is 11.8 Å². The Bertz CT molecular complexity index is 786. The van der Waals surface area contributed by atoms with Gasteiger partial charge in [-0.3, -0.25) is 9.59 Å². The zero-order valence-corrected chi connectivity index (χ0v) is 14.3. The van der Waals surface area contributed by atoms with E-state index in [1.807, 2.05) is 0 Å². The molecule has 8 nitrogen and oxygen atoms in total. The van der Waals surface area contributed by atoms with Gasteiger partial charge < -0.3 is 18.6 Å². The van der Waals surface area contributed by atoms with Crippen LogP contribution in [-0.2, 0) is 12.4 Å². The van der Waals surface area contributed by atoms with E-state index in [0.29, 0.717) is 12.8 Å². The molecule has 0 aliphatic heterocycles. The summed E-state index contributed by atoms with van der Waals surface area (Å²) in [5.74, 6) is -5.43. The number of alkyl halides is 6. The van der Waals surface area contributed by atoms with Crippen molar-refractivity contribution in [3.05, 3.63) is 35.7 Å². The Balaban J connectivity index is 2.04. The molecule has 14 heteroatoms. The number of halogens is 6. The third kappa shape index (κ3) is 4.43.